The van der Waals surface area contributed by atoms with Gasteiger partial charge in [0.1, 0.15) is 0 Å². The summed E-state index contributed by atoms with van der Waals surface area (Å²) in [5.74, 6) is -2.86. The fourth-order valence-electron chi connectivity index (χ4n) is 1.60. The monoisotopic (exact) mass is 361 g/mol. The second-order valence-corrected chi connectivity index (χ2v) is 5.76. The molecule has 0 bridgehead atoms. The highest BCUT2D eigenvalue weighted by atomic mass is 32.2. The number of carboxylic acids is 2. The van der Waals surface area contributed by atoms with Gasteiger partial charge in [0.2, 0.25) is 0 Å². The summed E-state index contributed by atoms with van der Waals surface area (Å²) in [5, 5.41) is 46.3. The summed E-state index contributed by atoms with van der Waals surface area (Å²) in [6, 6.07) is 4.37. The van der Waals surface area contributed by atoms with Crippen molar-refractivity contribution in [3.05, 3.63) is 23.8 Å². The molecule has 0 spiro atoms. The molecule has 0 radical (unpaired) electrons. The Morgan fingerprint density at radius 3 is 2.25 bits per heavy atom. The summed E-state index contributed by atoms with van der Waals surface area (Å²) in [6.45, 7) is 1.32. The molecule has 24 heavy (non-hydrogen) atoms. The Morgan fingerprint density at radius 2 is 1.75 bits per heavy atom. The minimum atomic E-state index is -1.82. The molecule has 1 rings (SSSR count). The van der Waals surface area contributed by atoms with Gasteiger partial charge in [-0.15, -0.1) is 0 Å². The maximum Gasteiger partial charge on any atom is 0.414 e. The number of carboxylic acid groups (broad SMARTS) is 2. The SMILES string of the molecule is CSCCCCNC[C@H](O)c1ccc(O)c(O)c1.O=C(O)C(=O)O. The molecule has 9 heteroatoms. The molecule has 6 N–H and O–H groups in total. The number of nitrogens with one attached hydrogen (secondary N) is 1. The number of hydrogen-bond acceptors (Lipinski definition) is 7. The van der Waals surface area contributed by atoms with Gasteiger partial charge in [0, 0.05) is 6.54 Å². The first-order valence-corrected chi connectivity index (χ1v) is 8.54. The van der Waals surface area contributed by atoms with E-state index in [0.717, 1.165) is 18.7 Å². The van der Waals surface area contributed by atoms with E-state index < -0.39 is 18.0 Å². The minimum Gasteiger partial charge on any atom is -0.504 e. The van der Waals surface area contributed by atoms with E-state index in [1.807, 2.05) is 11.8 Å². The van der Waals surface area contributed by atoms with Crippen LogP contribution in [-0.4, -0.2) is 62.6 Å². The van der Waals surface area contributed by atoms with E-state index in [9.17, 15) is 15.3 Å². The van der Waals surface area contributed by atoms with Gasteiger partial charge in [0.25, 0.3) is 0 Å². The summed E-state index contributed by atoms with van der Waals surface area (Å²) < 4.78 is 0. The second-order valence-electron chi connectivity index (χ2n) is 4.78. The molecule has 0 heterocycles. The zero-order chi connectivity index (χ0) is 18.5. The number of benzene rings is 1. The van der Waals surface area contributed by atoms with Gasteiger partial charge < -0.3 is 30.8 Å². The number of rotatable bonds is 8. The smallest absolute Gasteiger partial charge is 0.414 e. The summed E-state index contributed by atoms with van der Waals surface area (Å²) in [7, 11) is 0. The van der Waals surface area contributed by atoms with E-state index in [2.05, 4.69) is 11.6 Å². The Kier molecular flexibility index (Phi) is 11.4. The highest BCUT2D eigenvalue weighted by Crippen LogP contribution is 2.27. The number of carbonyl (C=O) groups is 2. The molecule has 0 fully saturated rings. The van der Waals surface area contributed by atoms with Crippen LogP contribution in [0.5, 0.6) is 11.5 Å². The third-order valence-electron chi connectivity index (χ3n) is 2.86. The van der Waals surface area contributed by atoms with E-state index in [4.69, 9.17) is 19.8 Å². The number of aliphatic hydroxyl groups is 1. The van der Waals surface area contributed by atoms with Crippen molar-refractivity contribution < 1.29 is 35.1 Å². The number of unbranched alkanes of at least 4 members (excludes halogenated alkanes) is 1. The van der Waals surface area contributed by atoms with E-state index in [-0.39, 0.29) is 11.5 Å². The molecule has 1 aromatic rings. The molecular formula is C15H23NO7S. The van der Waals surface area contributed by atoms with Gasteiger partial charge in [-0.1, -0.05) is 6.07 Å². The van der Waals surface area contributed by atoms with Crippen LogP contribution in [0.15, 0.2) is 18.2 Å². The first kappa shape index (κ1) is 22.0. The molecule has 0 unspecified atom stereocenters. The highest BCUT2D eigenvalue weighted by Gasteiger charge is 2.09. The van der Waals surface area contributed by atoms with Gasteiger partial charge in [-0.3, -0.25) is 0 Å². The van der Waals surface area contributed by atoms with Crippen molar-refractivity contribution in [2.24, 2.45) is 0 Å². The van der Waals surface area contributed by atoms with Gasteiger partial charge >= 0.3 is 11.9 Å². The average molecular weight is 361 g/mol. The zero-order valence-electron chi connectivity index (χ0n) is 13.3. The number of thioether (sulfide) groups is 1. The molecule has 0 aliphatic carbocycles. The Bertz CT molecular complexity index is 513. The third-order valence-corrected chi connectivity index (χ3v) is 3.55. The molecular weight excluding hydrogens is 338 g/mol. The number of aromatic hydroxyl groups is 2. The first-order chi connectivity index (χ1) is 11.3. The fourth-order valence-corrected chi connectivity index (χ4v) is 2.09. The number of hydrogen-bond donors (Lipinski definition) is 6. The molecule has 0 saturated carbocycles. The van der Waals surface area contributed by atoms with Gasteiger partial charge in [0.05, 0.1) is 6.10 Å². The van der Waals surface area contributed by atoms with Crippen LogP contribution in [0.4, 0.5) is 0 Å². The quantitative estimate of drug-likeness (QED) is 0.227. The van der Waals surface area contributed by atoms with Crippen molar-refractivity contribution in [2.75, 3.05) is 25.1 Å². The lowest BCUT2D eigenvalue weighted by Gasteiger charge is -2.12. The number of aliphatic carboxylic acids is 2. The maximum absolute atomic E-state index is 9.88. The summed E-state index contributed by atoms with van der Waals surface area (Å²) >= 11 is 1.84. The summed E-state index contributed by atoms with van der Waals surface area (Å²) in [5.41, 5.74) is 0.599. The molecule has 0 aliphatic heterocycles. The molecule has 0 saturated heterocycles. The van der Waals surface area contributed by atoms with Crippen molar-refractivity contribution in [3.8, 4) is 11.5 Å². The normalized spacial score (nSPS) is 11.2. The molecule has 0 aromatic heterocycles. The van der Waals surface area contributed by atoms with Crippen LogP contribution in [0, 0.1) is 0 Å². The number of phenols is 2. The fraction of sp³-hybridized carbons (Fsp3) is 0.467. The zero-order valence-corrected chi connectivity index (χ0v) is 14.1. The van der Waals surface area contributed by atoms with Gasteiger partial charge in [0.15, 0.2) is 11.5 Å². The predicted octanol–water partition coefficient (Wildman–Crippen LogP) is 1.02. The van der Waals surface area contributed by atoms with Crippen LogP contribution in [0.2, 0.25) is 0 Å². The first-order valence-electron chi connectivity index (χ1n) is 7.15. The van der Waals surface area contributed by atoms with Crippen molar-refractivity contribution >= 4 is 23.7 Å². The van der Waals surface area contributed by atoms with E-state index in [0.29, 0.717) is 12.1 Å². The Hall–Kier alpha value is -1.97. The Labute approximate surface area is 144 Å². The van der Waals surface area contributed by atoms with Crippen LogP contribution < -0.4 is 5.32 Å². The highest BCUT2D eigenvalue weighted by molar-refractivity contribution is 7.98. The molecule has 1 atom stereocenters. The topological polar surface area (TPSA) is 147 Å². The number of aliphatic hydroxyl groups excluding tert-OH is 1. The lowest BCUT2D eigenvalue weighted by molar-refractivity contribution is -0.159. The standard InChI is InChI=1S/C13H21NO3S.C2H2O4/c1-18-7-3-2-6-14-9-13(17)10-4-5-11(15)12(16)8-10;3-1(4)2(5)6/h4-5,8,13-17H,2-3,6-7,9H2,1H3;(H,3,4)(H,5,6)/t13-;/m0./s1. The molecule has 8 nitrogen and oxygen atoms in total. The van der Waals surface area contributed by atoms with E-state index >= 15 is 0 Å². The summed E-state index contributed by atoms with van der Waals surface area (Å²) in [4.78, 5) is 18.2. The van der Waals surface area contributed by atoms with Crippen molar-refractivity contribution in [3.63, 3.8) is 0 Å². The molecule has 0 aliphatic rings. The van der Waals surface area contributed by atoms with Gasteiger partial charge in [-0.25, -0.2) is 9.59 Å². The average Bonchev–Trinajstić information content (AvgIpc) is 2.53. The van der Waals surface area contributed by atoms with Gasteiger partial charge in [-0.05, 0) is 49.1 Å². The van der Waals surface area contributed by atoms with Crippen LogP contribution in [0.25, 0.3) is 0 Å². The maximum atomic E-state index is 9.88. The molecule has 136 valence electrons. The predicted molar refractivity (Wildman–Crippen MR) is 90.5 cm³/mol. The Balaban J connectivity index is 0.000000754. The van der Waals surface area contributed by atoms with Crippen molar-refractivity contribution in [1.82, 2.24) is 5.32 Å². The van der Waals surface area contributed by atoms with E-state index in [1.54, 1.807) is 6.07 Å². The van der Waals surface area contributed by atoms with Crippen LogP contribution >= 0.6 is 11.8 Å². The van der Waals surface area contributed by atoms with Crippen LogP contribution in [0.1, 0.15) is 24.5 Å². The Morgan fingerprint density at radius 1 is 1.12 bits per heavy atom. The number of phenolic OH excluding ortho intramolecular Hbond substituents is 2. The van der Waals surface area contributed by atoms with E-state index in [1.165, 1.54) is 18.6 Å². The largest absolute Gasteiger partial charge is 0.504 e. The van der Waals surface area contributed by atoms with Crippen molar-refractivity contribution in [2.45, 2.75) is 18.9 Å². The van der Waals surface area contributed by atoms with Crippen molar-refractivity contribution in [1.29, 1.82) is 0 Å². The van der Waals surface area contributed by atoms with Crippen LogP contribution in [-0.2, 0) is 9.59 Å². The molecule has 1 aromatic carbocycles. The molecule has 0 amide bonds. The lowest BCUT2D eigenvalue weighted by Crippen LogP contribution is -2.22. The summed E-state index contributed by atoms with van der Waals surface area (Å²) in [6.07, 6.45) is 3.68. The third kappa shape index (κ3) is 9.93. The lowest BCUT2D eigenvalue weighted by atomic mass is 10.1. The van der Waals surface area contributed by atoms with Gasteiger partial charge in [-0.2, -0.15) is 11.8 Å². The minimum absolute atomic E-state index is 0.170. The second kappa shape index (κ2) is 12.5. The van der Waals surface area contributed by atoms with Crippen LogP contribution in [0.3, 0.4) is 0 Å².